The largest absolute Gasteiger partial charge is 0.481 e. The van der Waals surface area contributed by atoms with E-state index in [-0.39, 0.29) is 12.8 Å². The van der Waals surface area contributed by atoms with E-state index in [1.165, 1.54) is 41.8 Å². The molecule has 0 fully saturated rings. The molecular weight excluding hydrogens is 451 g/mol. The Morgan fingerprint density at radius 3 is 2.78 bits per heavy atom. The van der Waals surface area contributed by atoms with Crippen LogP contribution in [-0.4, -0.2) is 28.5 Å². The molecule has 1 aromatic carbocycles. The number of benzene rings is 1. The Bertz CT molecular complexity index is 1410. The molecule has 0 amide bonds. The zero-order chi connectivity index (χ0) is 22.9. The SMILES string of the molecule is C=CC(c1ccc(-c2cccnc2)s1)S(=O)(=O)n1cc(CCC(=O)O)c2cc(F)ccc21. The molecule has 4 rings (SSSR count). The van der Waals surface area contributed by atoms with Crippen LogP contribution in [-0.2, 0) is 21.2 Å². The lowest BCUT2D eigenvalue weighted by molar-refractivity contribution is -0.136. The molecule has 0 bridgehead atoms. The van der Waals surface area contributed by atoms with Crippen LogP contribution in [0.4, 0.5) is 4.39 Å². The number of hydrogen-bond donors (Lipinski definition) is 1. The molecule has 4 aromatic rings. The molecule has 0 aliphatic rings. The molecule has 0 aliphatic heterocycles. The fourth-order valence-corrected chi connectivity index (χ4v) is 6.62. The van der Waals surface area contributed by atoms with E-state index in [1.807, 2.05) is 12.1 Å². The van der Waals surface area contributed by atoms with Gasteiger partial charge >= 0.3 is 5.97 Å². The summed E-state index contributed by atoms with van der Waals surface area (Å²) in [5.74, 6) is -1.54. The van der Waals surface area contributed by atoms with Crippen molar-refractivity contribution in [2.45, 2.75) is 18.1 Å². The molecular formula is C23H19FN2O4S2. The second-order valence-electron chi connectivity index (χ2n) is 7.15. The number of fused-ring (bicyclic) bond motifs is 1. The van der Waals surface area contributed by atoms with Crippen LogP contribution in [0.25, 0.3) is 21.3 Å². The number of rotatable bonds is 8. The van der Waals surface area contributed by atoms with E-state index in [1.54, 1.807) is 24.5 Å². The van der Waals surface area contributed by atoms with Gasteiger partial charge in [0, 0.05) is 45.7 Å². The maximum Gasteiger partial charge on any atom is 0.303 e. The number of nitrogens with zero attached hydrogens (tertiary/aromatic N) is 2. The summed E-state index contributed by atoms with van der Waals surface area (Å²) in [6.07, 6.45) is 6.00. The highest BCUT2D eigenvalue weighted by atomic mass is 32.2. The van der Waals surface area contributed by atoms with Gasteiger partial charge in [0.05, 0.1) is 5.52 Å². The van der Waals surface area contributed by atoms with Gasteiger partial charge in [-0.1, -0.05) is 12.1 Å². The molecule has 6 nitrogen and oxygen atoms in total. The summed E-state index contributed by atoms with van der Waals surface area (Å²) in [5, 5.41) is 8.36. The van der Waals surface area contributed by atoms with E-state index in [0.29, 0.717) is 21.3 Å². The first-order valence-corrected chi connectivity index (χ1v) is 12.0. The highest BCUT2D eigenvalue weighted by molar-refractivity contribution is 7.90. The predicted octanol–water partition coefficient (Wildman–Crippen LogP) is 5.03. The summed E-state index contributed by atoms with van der Waals surface area (Å²) in [5.41, 5.74) is 1.62. The number of carbonyl (C=O) groups is 1. The van der Waals surface area contributed by atoms with Gasteiger partial charge in [-0.25, -0.2) is 16.8 Å². The van der Waals surface area contributed by atoms with Gasteiger partial charge in [-0.3, -0.25) is 9.78 Å². The number of carboxylic acid groups (broad SMARTS) is 1. The topological polar surface area (TPSA) is 89.3 Å². The summed E-state index contributed by atoms with van der Waals surface area (Å²) in [6.45, 7) is 3.74. The summed E-state index contributed by atoms with van der Waals surface area (Å²) < 4.78 is 42.3. The van der Waals surface area contributed by atoms with Crippen molar-refractivity contribution in [2.75, 3.05) is 0 Å². The highest BCUT2D eigenvalue weighted by Gasteiger charge is 2.30. The lowest BCUT2D eigenvalue weighted by Gasteiger charge is -2.14. The van der Waals surface area contributed by atoms with Gasteiger partial charge in [-0.2, -0.15) is 0 Å². The van der Waals surface area contributed by atoms with Crippen LogP contribution in [0.3, 0.4) is 0 Å². The molecule has 1 N–H and O–H groups in total. The van der Waals surface area contributed by atoms with Crippen molar-refractivity contribution in [3.63, 3.8) is 0 Å². The normalized spacial score (nSPS) is 12.7. The summed E-state index contributed by atoms with van der Waals surface area (Å²) in [4.78, 5) is 16.6. The smallest absolute Gasteiger partial charge is 0.303 e. The molecule has 0 radical (unpaired) electrons. The number of aliphatic carboxylic acids is 1. The van der Waals surface area contributed by atoms with Crippen LogP contribution in [0.2, 0.25) is 0 Å². The van der Waals surface area contributed by atoms with Crippen LogP contribution in [0.15, 0.2) is 73.7 Å². The summed E-state index contributed by atoms with van der Waals surface area (Å²) in [7, 11) is -4.01. The van der Waals surface area contributed by atoms with Crippen LogP contribution in [0.5, 0.6) is 0 Å². The van der Waals surface area contributed by atoms with Gasteiger partial charge in [0.2, 0.25) is 0 Å². The van der Waals surface area contributed by atoms with Crippen molar-refractivity contribution < 1.29 is 22.7 Å². The lowest BCUT2D eigenvalue weighted by Crippen LogP contribution is -2.18. The van der Waals surface area contributed by atoms with Crippen molar-refractivity contribution >= 4 is 38.2 Å². The second kappa shape index (κ2) is 8.68. The van der Waals surface area contributed by atoms with Crippen molar-refractivity contribution in [1.82, 2.24) is 8.96 Å². The third-order valence-electron chi connectivity index (χ3n) is 5.09. The first kappa shape index (κ1) is 21.9. The van der Waals surface area contributed by atoms with E-state index in [0.717, 1.165) is 14.4 Å². The Balaban J connectivity index is 1.79. The lowest BCUT2D eigenvalue weighted by atomic mass is 10.1. The Morgan fingerprint density at radius 2 is 2.09 bits per heavy atom. The Kier molecular flexibility index (Phi) is 5.94. The average molecular weight is 471 g/mol. The van der Waals surface area contributed by atoms with E-state index in [4.69, 9.17) is 5.11 Å². The van der Waals surface area contributed by atoms with E-state index in [2.05, 4.69) is 11.6 Å². The zero-order valence-electron chi connectivity index (χ0n) is 16.8. The molecule has 1 atom stereocenters. The summed E-state index contributed by atoms with van der Waals surface area (Å²) in [6, 6.07) is 11.1. The molecule has 164 valence electrons. The van der Waals surface area contributed by atoms with Crippen LogP contribution < -0.4 is 0 Å². The maximum atomic E-state index is 13.9. The minimum absolute atomic E-state index is 0.0840. The fraction of sp³-hybridized carbons (Fsp3) is 0.130. The van der Waals surface area contributed by atoms with Crippen LogP contribution >= 0.6 is 11.3 Å². The Hall–Kier alpha value is -3.30. The summed E-state index contributed by atoms with van der Waals surface area (Å²) >= 11 is 1.33. The molecule has 32 heavy (non-hydrogen) atoms. The number of aromatic nitrogens is 2. The fourth-order valence-electron chi connectivity index (χ4n) is 3.57. The standard InChI is InChI=1S/C23H19FN2O4S2/c1-2-22(21-9-8-20(31-21)15-4-3-11-25-13-15)32(29,30)26-14-16(5-10-23(27)28)18-12-17(24)6-7-19(18)26/h2-4,6-9,11-14,22H,1,5,10H2,(H,27,28). The van der Waals surface area contributed by atoms with Crippen molar-refractivity contribution in [2.24, 2.45) is 0 Å². The van der Waals surface area contributed by atoms with E-state index in [9.17, 15) is 17.6 Å². The number of pyridine rings is 1. The first-order chi connectivity index (χ1) is 15.3. The quantitative estimate of drug-likeness (QED) is 0.365. The molecule has 3 aromatic heterocycles. The molecule has 0 aliphatic carbocycles. The second-order valence-corrected chi connectivity index (χ2v) is 10.2. The Labute approximate surface area is 188 Å². The van der Waals surface area contributed by atoms with Crippen LogP contribution in [0.1, 0.15) is 22.1 Å². The highest BCUT2D eigenvalue weighted by Crippen LogP contribution is 2.37. The number of hydrogen-bond acceptors (Lipinski definition) is 5. The van der Waals surface area contributed by atoms with Gasteiger partial charge in [0.25, 0.3) is 10.0 Å². The molecule has 0 saturated carbocycles. The Morgan fingerprint density at radius 1 is 1.28 bits per heavy atom. The number of aryl methyl sites for hydroxylation is 1. The number of halogens is 1. The van der Waals surface area contributed by atoms with Gasteiger partial charge in [-0.15, -0.1) is 17.9 Å². The van der Waals surface area contributed by atoms with Crippen molar-refractivity contribution in [3.05, 3.63) is 90.0 Å². The van der Waals surface area contributed by atoms with Gasteiger partial charge in [-0.05, 0) is 48.4 Å². The minimum atomic E-state index is -4.01. The predicted molar refractivity (Wildman–Crippen MR) is 123 cm³/mol. The van der Waals surface area contributed by atoms with Crippen LogP contribution in [0, 0.1) is 5.82 Å². The van der Waals surface area contributed by atoms with Gasteiger partial charge in [0.1, 0.15) is 11.1 Å². The molecule has 9 heteroatoms. The molecule has 0 spiro atoms. The molecule has 1 unspecified atom stereocenters. The average Bonchev–Trinajstić information content (AvgIpc) is 3.38. The molecule has 3 heterocycles. The van der Waals surface area contributed by atoms with Gasteiger partial charge in [0.15, 0.2) is 0 Å². The number of carboxylic acids is 1. The third-order valence-corrected chi connectivity index (χ3v) is 8.39. The van der Waals surface area contributed by atoms with E-state index >= 15 is 0 Å². The van der Waals surface area contributed by atoms with Gasteiger partial charge < -0.3 is 5.11 Å². The zero-order valence-corrected chi connectivity index (χ0v) is 18.4. The van der Waals surface area contributed by atoms with Crippen molar-refractivity contribution in [1.29, 1.82) is 0 Å². The third kappa shape index (κ3) is 4.09. The maximum absolute atomic E-state index is 13.9. The molecule has 0 saturated heterocycles. The number of thiophene rings is 1. The first-order valence-electron chi connectivity index (χ1n) is 9.69. The monoisotopic (exact) mass is 470 g/mol. The minimum Gasteiger partial charge on any atom is -0.481 e. The van der Waals surface area contributed by atoms with Crippen molar-refractivity contribution in [3.8, 4) is 10.4 Å². The van der Waals surface area contributed by atoms with E-state index < -0.39 is 27.1 Å².